The molecule has 0 unspecified atom stereocenters. The molecule has 0 aliphatic carbocycles. The maximum absolute atomic E-state index is 9.88. The van der Waals surface area contributed by atoms with Crippen LogP contribution in [0.15, 0.2) is 42.0 Å². The number of benzene rings is 1. The van der Waals surface area contributed by atoms with E-state index in [-0.39, 0.29) is 0 Å². The Kier molecular flexibility index (Phi) is 7.41. The number of rotatable bonds is 8. The molecule has 0 amide bonds. The standard InChI is InChI=1S/C16H25NO2/c1-14(2)9-10-17(3)11-16(18)13-19-12-15-7-5-4-6-8-15/h4-9,16,18H,10-13H2,1-3H3/t16-/m1/s1. The molecule has 0 aliphatic rings. The van der Waals surface area contributed by atoms with Crippen molar-refractivity contribution in [3.05, 3.63) is 47.5 Å². The lowest BCUT2D eigenvalue weighted by molar-refractivity contribution is 0.0151. The molecule has 0 aromatic heterocycles. The van der Waals surface area contributed by atoms with E-state index >= 15 is 0 Å². The van der Waals surface area contributed by atoms with Crippen LogP contribution in [0.4, 0.5) is 0 Å². The van der Waals surface area contributed by atoms with Crippen molar-refractivity contribution >= 4 is 0 Å². The van der Waals surface area contributed by atoms with Crippen LogP contribution in [0, 0.1) is 0 Å². The molecule has 1 aromatic carbocycles. The van der Waals surface area contributed by atoms with E-state index in [0.717, 1.165) is 12.1 Å². The van der Waals surface area contributed by atoms with E-state index < -0.39 is 6.10 Å². The second-order valence-electron chi connectivity index (χ2n) is 5.16. The Balaban J connectivity index is 2.17. The quantitative estimate of drug-likeness (QED) is 0.731. The largest absolute Gasteiger partial charge is 0.389 e. The van der Waals surface area contributed by atoms with Crippen LogP contribution < -0.4 is 0 Å². The minimum absolute atomic E-state index is 0.369. The van der Waals surface area contributed by atoms with E-state index in [0.29, 0.717) is 19.8 Å². The topological polar surface area (TPSA) is 32.7 Å². The summed E-state index contributed by atoms with van der Waals surface area (Å²) < 4.78 is 5.52. The smallest absolute Gasteiger partial charge is 0.0900 e. The van der Waals surface area contributed by atoms with Crippen molar-refractivity contribution in [1.82, 2.24) is 4.90 Å². The third-order valence-corrected chi connectivity index (χ3v) is 2.76. The number of ether oxygens (including phenoxy) is 1. The molecule has 0 saturated carbocycles. The highest BCUT2D eigenvalue weighted by Gasteiger charge is 2.07. The number of likely N-dealkylation sites (N-methyl/N-ethyl adjacent to an activating group) is 1. The minimum atomic E-state index is -0.445. The lowest BCUT2D eigenvalue weighted by Gasteiger charge is -2.19. The van der Waals surface area contributed by atoms with Crippen molar-refractivity contribution in [2.45, 2.75) is 26.6 Å². The van der Waals surface area contributed by atoms with Crippen molar-refractivity contribution in [2.24, 2.45) is 0 Å². The number of hydrogen-bond donors (Lipinski definition) is 1. The summed E-state index contributed by atoms with van der Waals surface area (Å²) in [7, 11) is 2.00. The van der Waals surface area contributed by atoms with Crippen LogP contribution in [0.2, 0.25) is 0 Å². The summed E-state index contributed by atoms with van der Waals surface area (Å²) in [5, 5.41) is 9.88. The van der Waals surface area contributed by atoms with E-state index in [9.17, 15) is 5.11 Å². The second-order valence-corrected chi connectivity index (χ2v) is 5.16. The van der Waals surface area contributed by atoms with Crippen LogP contribution in [-0.2, 0) is 11.3 Å². The Morgan fingerprint density at radius 2 is 2.00 bits per heavy atom. The predicted octanol–water partition coefficient (Wildman–Crippen LogP) is 2.46. The summed E-state index contributed by atoms with van der Waals surface area (Å²) in [6.45, 7) is 6.56. The van der Waals surface area contributed by atoms with Crippen LogP contribution in [0.5, 0.6) is 0 Å². The van der Waals surface area contributed by atoms with Crippen molar-refractivity contribution in [2.75, 3.05) is 26.7 Å². The summed E-state index contributed by atoms with van der Waals surface area (Å²) in [5.41, 5.74) is 2.43. The van der Waals surface area contributed by atoms with Crippen molar-refractivity contribution < 1.29 is 9.84 Å². The number of nitrogens with zero attached hydrogens (tertiary/aromatic N) is 1. The highest BCUT2D eigenvalue weighted by molar-refractivity contribution is 5.13. The maximum Gasteiger partial charge on any atom is 0.0900 e. The van der Waals surface area contributed by atoms with Gasteiger partial charge in [-0.05, 0) is 26.5 Å². The fraction of sp³-hybridized carbons (Fsp3) is 0.500. The van der Waals surface area contributed by atoms with Crippen LogP contribution >= 0.6 is 0 Å². The molecule has 1 aromatic rings. The van der Waals surface area contributed by atoms with Crippen molar-refractivity contribution in [3.8, 4) is 0 Å². The third kappa shape index (κ3) is 7.78. The van der Waals surface area contributed by atoms with E-state index in [2.05, 4.69) is 24.8 Å². The lowest BCUT2D eigenvalue weighted by Crippen LogP contribution is -2.32. The van der Waals surface area contributed by atoms with E-state index in [4.69, 9.17) is 4.74 Å². The zero-order valence-corrected chi connectivity index (χ0v) is 12.2. The average Bonchev–Trinajstić information content (AvgIpc) is 2.37. The van der Waals surface area contributed by atoms with Crippen LogP contribution in [-0.4, -0.2) is 42.9 Å². The number of hydrogen-bond acceptors (Lipinski definition) is 3. The summed E-state index contributed by atoms with van der Waals surface area (Å²) in [6, 6.07) is 10.0. The monoisotopic (exact) mass is 263 g/mol. The van der Waals surface area contributed by atoms with Gasteiger partial charge in [0.1, 0.15) is 0 Å². The molecule has 0 spiro atoms. The lowest BCUT2D eigenvalue weighted by atomic mass is 10.2. The summed E-state index contributed by atoms with van der Waals surface area (Å²) in [6.07, 6.45) is 1.71. The third-order valence-electron chi connectivity index (χ3n) is 2.76. The fourth-order valence-corrected chi connectivity index (χ4v) is 1.71. The first-order valence-electron chi connectivity index (χ1n) is 6.69. The zero-order valence-electron chi connectivity index (χ0n) is 12.2. The van der Waals surface area contributed by atoms with Gasteiger partial charge in [0.25, 0.3) is 0 Å². The molecular formula is C16H25NO2. The van der Waals surface area contributed by atoms with Gasteiger partial charge < -0.3 is 14.7 Å². The van der Waals surface area contributed by atoms with Gasteiger partial charge in [0.15, 0.2) is 0 Å². The Morgan fingerprint density at radius 1 is 1.32 bits per heavy atom. The molecule has 0 saturated heterocycles. The van der Waals surface area contributed by atoms with Gasteiger partial charge in [0, 0.05) is 13.1 Å². The maximum atomic E-state index is 9.88. The Morgan fingerprint density at radius 3 is 2.63 bits per heavy atom. The van der Waals surface area contributed by atoms with Crippen molar-refractivity contribution in [3.63, 3.8) is 0 Å². The zero-order chi connectivity index (χ0) is 14.1. The highest BCUT2D eigenvalue weighted by Crippen LogP contribution is 2.01. The van der Waals surface area contributed by atoms with Gasteiger partial charge in [-0.1, -0.05) is 42.0 Å². The molecule has 19 heavy (non-hydrogen) atoms. The number of aliphatic hydroxyl groups is 1. The molecule has 0 radical (unpaired) electrons. The van der Waals surface area contributed by atoms with Gasteiger partial charge >= 0.3 is 0 Å². The van der Waals surface area contributed by atoms with Crippen molar-refractivity contribution in [1.29, 1.82) is 0 Å². The van der Waals surface area contributed by atoms with Crippen LogP contribution in [0.3, 0.4) is 0 Å². The van der Waals surface area contributed by atoms with Crippen LogP contribution in [0.25, 0.3) is 0 Å². The SMILES string of the molecule is CC(C)=CCN(C)C[C@@H](O)COCc1ccccc1. The Labute approximate surface area is 116 Å². The highest BCUT2D eigenvalue weighted by atomic mass is 16.5. The molecule has 1 N–H and O–H groups in total. The first-order valence-corrected chi connectivity index (χ1v) is 6.69. The van der Waals surface area contributed by atoms with Gasteiger partial charge in [-0.15, -0.1) is 0 Å². The molecule has 3 heteroatoms. The minimum Gasteiger partial charge on any atom is -0.389 e. The second kappa shape index (κ2) is 8.86. The molecule has 0 fully saturated rings. The summed E-state index contributed by atoms with van der Waals surface area (Å²) in [4.78, 5) is 2.09. The van der Waals surface area contributed by atoms with Gasteiger partial charge in [0.05, 0.1) is 19.3 Å². The number of aliphatic hydroxyl groups excluding tert-OH is 1. The fourth-order valence-electron chi connectivity index (χ4n) is 1.71. The summed E-state index contributed by atoms with van der Waals surface area (Å²) in [5.74, 6) is 0. The summed E-state index contributed by atoms with van der Waals surface area (Å²) >= 11 is 0. The normalized spacial score (nSPS) is 12.5. The number of allylic oxidation sites excluding steroid dienone is 1. The van der Waals surface area contributed by atoms with E-state index in [1.165, 1.54) is 5.57 Å². The van der Waals surface area contributed by atoms with E-state index in [1.54, 1.807) is 0 Å². The molecule has 106 valence electrons. The Bertz CT molecular complexity index is 372. The first kappa shape index (κ1) is 15.9. The van der Waals surface area contributed by atoms with Gasteiger partial charge in [-0.2, -0.15) is 0 Å². The van der Waals surface area contributed by atoms with E-state index in [1.807, 2.05) is 37.4 Å². The Hall–Kier alpha value is -1.16. The predicted molar refractivity (Wildman–Crippen MR) is 79.0 cm³/mol. The molecule has 0 heterocycles. The average molecular weight is 263 g/mol. The van der Waals surface area contributed by atoms with Gasteiger partial charge in [-0.3, -0.25) is 0 Å². The molecule has 0 bridgehead atoms. The molecule has 1 atom stereocenters. The molecule has 1 rings (SSSR count). The first-order chi connectivity index (χ1) is 9.08. The van der Waals surface area contributed by atoms with Gasteiger partial charge in [0.2, 0.25) is 0 Å². The molecular weight excluding hydrogens is 238 g/mol. The molecule has 3 nitrogen and oxygen atoms in total. The molecule has 0 aliphatic heterocycles. The van der Waals surface area contributed by atoms with Crippen LogP contribution in [0.1, 0.15) is 19.4 Å². The van der Waals surface area contributed by atoms with Gasteiger partial charge in [-0.25, -0.2) is 0 Å².